The van der Waals surface area contributed by atoms with Gasteiger partial charge >= 0.3 is 0 Å². The smallest absolute Gasteiger partial charge is 0.0163 e. The van der Waals surface area contributed by atoms with Gasteiger partial charge in [0.05, 0.1) is 0 Å². The quantitative estimate of drug-likeness (QED) is 0.138. The molecule has 2 nitrogen and oxygen atoms in total. The van der Waals surface area contributed by atoms with E-state index < -0.39 is 0 Å². The van der Waals surface area contributed by atoms with Crippen molar-refractivity contribution in [3.8, 4) is 22.5 Å². The molecule has 185 valence electrons. The van der Waals surface area contributed by atoms with Gasteiger partial charge in [-0.2, -0.15) is 0 Å². The van der Waals surface area contributed by atoms with Crippen LogP contribution < -0.4 is 0 Å². The number of hydrogen-bond acceptors (Lipinski definition) is 2. The van der Waals surface area contributed by atoms with Crippen LogP contribution in [0.15, 0.2) is 116 Å². The molecular formula is C34H28IrN2-2. The zero-order valence-electron chi connectivity index (χ0n) is 21.2. The van der Waals surface area contributed by atoms with Gasteiger partial charge in [0.25, 0.3) is 0 Å². The summed E-state index contributed by atoms with van der Waals surface area (Å²) < 4.78 is 0. The first kappa shape index (κ1) is 26.4. The molecule has 37 heavy (non-hydrogen) atoms. The Hall–Kier alpha value is -3.65. The summed E-state index contributed by atoms with van der Waals surface area (Å²) in [6, 6.07) is 41.6. The molecule has 3 heteroatoms. The van der Waals surface area contributed by atoms with Crippen LogP contribution in [0.1, 0.15) is 26.3 Å². The molecule has 6 rings (SSSR count). The fourth-order valence-electron chi connectivity index (χ4n) is 4.21. The van der Waals surface area contributed by atoms with Crippen molar-refractivity contribution in [2.24, 2.45) is 0 Å². The zero-order valence-corrected chi connectivity index (χ0v) is 23.6. The molecule has 0 unspecified atom stereocenters. The second-order valence-electron chi connectivity index (χ2n) is 9.81. The second-order valence-corrected chi connectivity index (χ2v) is 9.81. The van der Waals surface area contributed by atoms with Gasteiger partial charge in [0.2, 0.25) is 0 Å². The third-order valence-electron chi connectivity index (χ3n) is 6.23. The van der Waals surface area contributed by atoms with Crippen LogP contribution in [0.2, 0.25) is 0 Å². The molecule has 0 saturated heterocycles. The Labute approximate surface area is 232 Å². The van der Waals surface area contributed by atoms with Gasteiger partial charge in [0.1, 0.15) is 0 Å². The predicted molar refractivity (Wildman–Crippen MR) is 151 cm³/mol. The van der Waals surface area contributed by atoms with Crippen LogP contribution >= 0.6 is 0 Å². The maximum absolute atomic E-state index is 4.58. The van der Waals surface area contributed by atoms with E-state index in [2.05, 4.69) is 104 Å². The van der Waals surface area contributed by atoms with Gasteiger partial charge in [-0.1, -0.05) is 86.1 Å². The van der Waals surface area contributed by atoms with E-state index >= 15 is 0 Å². The topological polar surface area (TPSA) is 25.8 Å². The zero-order chi connectivity index (χ0) is 25.0. The molecule has 2 aromatic heterocycles. The Morgan fingerprint density at radius 2 is 1.35 bits per heavy atom. The number of benzene rings is 4. The number of pyridine rings is 2. The molecule has 0 atom stereocenters. The summed E-state index contributed by atoms with van der Waals surface area (Å²) in [6.07, 6.45) is 3.69. The van der Waals surface area contributed by atoms with Crippen LogP contribution in [0.3, 0.4) is 0 Å². The number of rotatable bonds is 2. The van der Waals surface area contributed by atoms with E-state index in [4.69, 9.17) is 0 Å². The molecule has 0 spiro atoms. The van der Waals surface area contributed by atoms with Gasteiger partial charge in [-0.3, -0.25) is 0 Å². The molecule has 0 aliphatic heterocycles. The maximum atomic E-state index is 4.58. The van der Waals surface area contributed by atoms with Gasteiger partial charge in [0.15, 0.2) is 0 Å². The molecule has 0 amide bonds. The Morgan fingerprint density at radius 1 is 0.595 bits per heavy atom. The first-order valence-electron chi connectivity index (χ1n) is 12.2. The summed E-state index contributed by atoms with van der Waals surface area (Å²) in [4.78, 5) is 8.80. The molecule has 0 N–H and O–H groups in total. The molecular weight excluding hydrogens is 629 g/mol. The Balaban J connectivity index is 0.000000208. The fraction of sp³-hybridized carbons (Fsp3) is 0.118. The monoisotopic (exact) mass is 657 g/mol. The first-order chi connectivity index (χ1) is 17.5. The van der Waals surface area contributed by atoms with Crippen molar-refractivity contribution in [1.82, 2.24) is 9.97 Å². The number of nitrogens with zero attached hydrogens (tertiary/aromatic N) is 2. The molecule has 6 aromatic rings. The normalized spacial score (nSPS) is 10.9. The average molecular weight is 657 g/mol. The SMILES string of the molecule is CC(C)(C)c1ccnc(-c2[c-]cc3ccc4ccccc4c3c2)c1.[Ir].[c-]1ccccc1-c1ccccn1. The maximum Gasteiger partial charge on any atom is 0.0163 e. The van der Waals surface area contributed by atoms with Crippen LogP contribution in [0.4, 0.5) is 0 Å². The molecule has 4 aromatic carbocycles. The van der Waals surface area contributed by atoms with Crippen LogP contribution in [-0.4, -0.2) is 9.97 Å². The third kappa shape index (κ3) is 6.20. The van der Waals surface area contributed by atoms with E-state index in [0.29, 0.717) is 0 Å². The minimum atomic E-state index is 0. The van der Waals surface area contributed by atoms with Gasteiger partial charge < -0.3 is 9.97 Å². The van der Waals surface area contributed by atoms with Gasteiger partial charge in [-0.05, 0) is 45.3 Å². The fourth-order valence-corrected chi connectivity index (χ4v) is 4.21. The van der Waals surface area contributed by atoms with Crippen molar-refractivity contribution in [3.63, 3.8) is 0 Å². The summed E-state index contributed by atoms with van der Waals surface area (Å²) in [5.74, 6) is 0. The van der Waals surface area contributed by atoms with Crippen molar-refractivity contribution in [2.75, 3.05) is 0 Å². The van der Waals surface area contributed by atoms with E-state index in [9.17, 15) is 0 Å². The van der Waals surface area contributed by atoms with Crippen molar-refractivity contribution < 1.29 is 20.1 Å². The van der Waals surface area contributed by atoms with E-state index in [-0.39, 0.29) is 25.5 Å². The minimum absolute atomic E-state index is 0. The van der Waals surface area contributed by atoms with Crippen molar-refractivity contribution in [3.05, 3.63) is 133 Å². The number of fused-ring (bicyclic) bond motifs is 3. The Bertz CT molecular complexity index is 1570. The Morgan fingerprint density at radius 3 is 2.11 bits per heavy atom. The average Bonchev–Trinajstić information content (AvgIpc) is 2.94. The van der Waals surface area contributed by atoms with Gasteiger partial charge in [-0.15, -0.1) is 59.7 Å². The number of hydrogen-bond donors (Lipinski definition) is 0. The van der Waals surface area contributed by atoms with Crippen molar-refractivity contribution >= 4 is 21.5 Å². The summed E-state index contributed by atoms with van der Waals surface area (Å²) >= 11 is 0. The van der Waals surface area contributed by atoms with E-state index in [1.54, 1.807) is 6.20 Å². The molecule has 0 aliphatic carbocycles. The number of aromatic nitrogens is 2. The van der Waals surface area contributed by atoms with E-state index in [1.165, 1.54) is 27.1 Å². The Kier molecular flexibility index (Phi) is 8.28. The van der Waals surface area contributed by atoms with Gasteiger partial charge in [0, 0.05) is 32.5 Å². The largest absolute Gasteiger partial charge is 0.305 e. The van der Waals surface area contributed by atoms with Crippen molar-refractivity contribution in [2.45, 2.75) is 26.2 Å². The van der Waals surface area contributed by atoms with E-state index in [0.717, 1.165) is 22.5 Å². The molecule has 1 radical (unpaired) electrons. The molecule has 0 fully saturated rings. The summed E-state index contributed by atoms with van der Waals surface area (Å²) in [5.41, 5.74) is 5.44. The van der Waals surface area contributed by atoms with Crippen LogP contribution in [0.25, 0.3) is 44.1 Å². The van der Waals surface area contributed by atoms with Gasteiger partial charge in [-0.25, -0.2) is 0 Å². The minimum Gasteiger partial charge on any atom is -0.305 e. The van der Waals surface area contributed by atoms with E-state index in [1.807, 2.05) is 48.7 Å². The second kappa shape index (κ2) is 11.6. The standard InChI is InChI=1S/C23H20N.C11H8N.Ir/c1-23(2,3)19-12-13-24-22(15-19)18-11-10-17-9-8-16-6-4-5-7-20(16)21(17)14-18;1-2-6-10(7-3-1)11-8-4-5-9-12-11;/h4-10,12-15H,1-3H3;1-6,8-9H;/q2*-1;. The summed E-state index contributed by atoms with van der Waals surface area (Å²) in [6.45, 7) is 6.68. The van der Waals surface area contributed by atoms with Crippen molar-refractivity contribution in [1.29, 1.82) is 0 Å². The summed E-state index contributed by atoms with van der Waals surface area (Å²) in [7, 11) is 0. The van der Waals surface area contributed by atoms with Crippen LogP contribution in [0, 0.1) is 12.1 Å². The van der Waals surface area contributed by atoms with Crippen LogP contribution in [-0.2, 0) is 25.5 Å². The molecule has 0 bridgehead atoms. The molecule has 0 aliphatic rings. The summed E-state index contributed by atoms with van der Waals surface area (Å²) in [5, 5.41) is 5.00. The molecule has 0 saturated carbocycles. The van der Waals surface area contributed by atoms with Crippen LogP contribution in [0.5, 0.6) is 0 Å². The molecule has 2 heterocycles. The predicted octanol–water partition coefficient (Wildman–Crippen LogP) is 8.70. The third-order valence-corrected chi connectivity index (χ3v) is 6.23. The first-order valence-corrected chi connectivity index (χ1v) is 12.2.